The normalized spacial score (nSPS) is 13.4. The number of rotatable bonds is 3. The molecule has 1 aliphatic rings. The molecule has 1 aromatic heterocycles. The van der Waals surface area contributed by atoms with Crippen LogP contribution in [0.1, 0.15) is 28.2 Å². The molecule has 6 nitrogen and oxygen atoms in total. The van der Waals surface area contributed by atoms with Crippen molar-refractivity contribution in [3.8, 4) is 0 Å². The van der Waals surface area contributed by atoms with Gasteiger partial charge in [-0.2, -0.15) is 5.10 Å². The van der Waals surface area contributed by atoms with E-state index >= 15 is 0 Å². The topological polar surface area (TPSA) is 71.8 Å². The predicted octanol–water partition coefficient (Wildman–Crippen LogP) is 1.10. The van der Waals surface area contributed by atoms with Gasteiger partial charge >= 0.3 is 0 Å². The van der Waals surface area contributed by atoms with Crippen LogP contribution in [0.3, 0.4) is 0 Å². The van der Waals surface area contributed by atoms with Gasteiger partial charge in [-0.1, -0.05) is 6.07 Å². The lowest BCUT2D eigenvalue weighted by Gasteiger charge is -2.20. The molecule has 1 amide bonds. The fourth-order valence-electron chi connectivity index (χ4n) is 2.44. The fraction of sp³-hybridized carbons (Fsp3) is 0.357. The van der Waals surface area contributed by atoms with Crippen LogP contribution >= 0.6 is 0 Å². The highest BCUT2D eigenvalue weighted by Crippen LogP contribution is 2.25. The van der Waals surface area contributed by atoms with E-state index in [-0.39, 0.29) is 5.91 Å². The summed E-state index contributed by atoms with van der Waals surface area (Å²) in [5, 5.41) is 10.3. The van der Waals surface area contributed by atoms with E-state index in [1.807, 2.05) is 18.2 Å². The van der Waals surface area contributed by atoms with Gasteiger partial charge in [-0.15, -0.1) is 0 Å². The minimum Gasteiger partial charge on any atom is -0.385 e. The minimum absolute atomic E-state index is 0.0713. The number of aryl methyl sites for hydroxylation is 1. The van der Waals surface area contributed by atoms with Crippen LogP contribution in [0.4, 0.5) is 5.69 Å². The van der Waals surface area contributed by atoms with Gasteiger partial charge in [0.1, 0.15) is 6.33 Å². The maximum Gasteiger partial charge on any atom is 0.252 e. The number of nitrogens with zero attached hydrogens (tertiary/aromatic N) is 3. The summed E-state index contributed by atoms with van der Waals surface area (Å²) in [5.41, 5.74) is 2.91. The zero-order chi connectivity index (χ0) is 13.9. The van der Waals surface area contributed by atoms with Crippen molar-refractivity contribution in [3.63, 3.8) is 0 Å². The standard InChI is InChI=1S/C14H17N5O/c1-19-9-17-13(18-19)8-16-14(20)11-4-2-6-12-10(11)5-3-7-15-12/h2,4,6,9,15H,3,5,7-8H2,1H3,(H,16,20). The summed E-state index contributed by atoms with van der Waals surface area (Å²) in [4.78, 5) is 16.4. The first-order chi connectivity index (χ1) is 9.74. The zero-order valence-electron chi connectivity index (χ0n) is 11.4. The summed E-state index contributed by atoms with van der Waals surface area (Å²) in [6, 6.07) is 5.80. The molecule has 20 heavy (non-hydrogen) atoms. The van der Waals surface area contributed by atoms with E-state index in [1.165, 1.54) is 0 Å². The fourth-order valence-corrected chi connectivity index (χ4v) is 2.44. The third kappa shape index (κ3) is 2.49. The number of hydrogen-bond acceptors (Lipinski definition) is 4. The monoisotopic (exact) mass is 271 g/mol. The Morgan fingerprint density at radius 1 is 1.50 bits per heavy atom. The summed E-state index contributed by atoms with van der Waals surface area (Å²) in [6.07, 6.45) is 3.61. The molecule has 1 aliphatic heterocycles. The van der Waals surface area contributed by atoms with Gasteiger partial charge in [0.15, 0.2) is 5.82 Å². The van der Waals surface area contributed by atoms with Gasteiger partial charge in [0.25, 0.3) is 5.91 Å². The van der Waals surface area contributed by atoms with Crippen molar-refractivity contribution in [2.24, 2.45) is 7.05 Å². The van der Waals surface area contributed by atoms with Crippen molar-refractivity contribution in [3.05, 3.63) is 41.5 Å². The smallest absolute Gasteiger partial charge is 0.252 e. The van der Waals surface area contributed by atoms with Crippen LogP contribution < -0.4 is 10.6 Å². The first-order valence-electron chi connectivity index (χ1n) is 6.72. The van der Waals surface area contributed by atoms with Crippen molar-refractivity contribution in [2.75, 3.05) is 11.9 Å². The van der Waals surface area contributed by atoms with Crippen LogP contribution in [-0.2, 0) is 20.0 Å². The van der Waals surface area contributed by atoms with Crippen LogP contribution in [0.2, 0.25) is 0 Å². The number of nitrogens with one attached hydrogen (secondary N) is 2. The largest absolute Gasteiger partial charge is 0.385 e. The van der Waals surface area contributed by atoms with Crippen LogP contribution in [0.5, 0.6) is 0 Å². The van der Waals surface area contributed by atoms with E-state index in [2.05, 4.69) is 20.7 Å². The van der Waals surface area contributed by atoms with Gasteiger partial charge in [0.2, 0.25) is 0 Å². The average molecular weight is 271 g/mol. The van der Waals surface area contributed by atoms with E-state index in [0.717, 1.165) is 36.2 Å². The quantitative estimate of drug-likeness (QED) is 0.877. The number of carbonyl (C=O) groups is 1. The van der Waals surface area contributed by atoms with E-state index in [1.54, 1.807) is 18.1 Å². The third-order valence-corrected chi connectivity index (χ3v) is 3.39. The Balaban J connectivity index is 1.74. The molecule has 0 aliphatic carbocycles. The highest BCUT2D eigenvalue weighted by atomic mass is 16.1. The van der Waals surface area contributed by atoms with E-state index in [0.29, 0.717) is 12.4 Å². The molecule has 2 heterocycles. The summed E-state index contributed by atoms with van der Waals surface area (Å²) in [6.45, 7) is 1.31. The predicted molar refractivity (Wildman–Crippen MR) is 75.4 cm³/mol. The van der Waals surface area contributed by atoms with E-state index < -0.39 is 0 Å². The number of carbonyl (C=O) groups excluding carboxylic acids is 1. The molecular weight excluding hydrogens is 254 g/mol. The lowest BCUT2D eigenvalue weighted by molar-refractivity contribution is 0.0949. The second-order valence-corrected chi connectivity index (χ2v) is 4.88. The van der Waals surface area contributed by atoms with Crippen LogP contribution in [0.15, 0.2) is 24.5 Å². The second-order valence-electron chi connectivity index (χ2n) is 4.88. The summed E-state index contributed by atoms with van der Waals surface area (Å²) < 4.78 is 1.62. The number of benzene rings is 1. The zero-order valence-corrected chi connectivity index (χ0v) is 11.4. The van der Waals surface area contributed by atoms with Crippen LogP contribution in [0, 0.1) is 0 Å². The molecule has 0 fully saturated rings. The van der Waals surface area contributed by atoms with Gasteiger partial charge < -0.3 is 10.6 Å². The lowest BCUT2D eigenvalue weighted by atomic mass is 9.97. The summed E-state index contributed by atoms with van der Waals surface area (Å²) in [5.74, 6) is 0.543. The Labute approximate surface area is 117 Å². The molecule has 0 bridgehead atoms. The Kier molecular flexibility index (Phi) is 3.37. The molecular formula is C14H17N5O. The SMILES string of the molecule is Cn1cnc(CNC(=O)c2cccc3c2CCCN3)n1. The van der Waals surface area contributed by atoms with Crippen LogP contribution in [-0.4, -0.2) is 27.2 Å². The molecule has 104 valence electrons. The molecule has 0 unspecified atom stereocenters. The molecule has 3 rings (SSSR count). The maximum atomic E-state index is 12.3. The van der Waals surface area contributed by atoms with Crippen LogP contribution in [0.25, 0.3) is 0 Å². The van der Waals surface area contributed by atoms with E-state index in [4.69, 9.17) is 0 Å². The maximum absolute atomic E-state index is 12.3. The Morgan fingerprint density at radius 3 is 3.20 bits per heavy atom. The number of fused-ring (bicyclic) bond motifs is 1. The van der Waals surface area contributed by atoms with E-state index in [9.17, 15) is 4.79 Å². The lowest BCUT2D eigenvalue weighted by Crippen LogP contribution is -2.26. The third-order valence-electron chi connectivity index (χ3n) is 3.39. The highest BCUT2D eigenvalue weighted by molar-refractivity contribution is 5.97. The van der Waals surface area contributed by atoms with Crippen molar-refractivity contribution < 1.29 is 4.79 Å². The number of aromatic nitrogens is 3. The first kappa shape index (κ1) is 12.7. The van der Waals surface area contributed by atoms with Crippen molar-refractivity contribution in [2.45, 2.75) is 19.4 Å². The van der Waals surface area contributed by atoms with Gasteiger partial charge in [0, 0.05) is 24.8 Å². The van der Waals surface area contributed by atoms with Gasteiger partial charge in [0.05, 0.1) is 6.54 Å². The molecule has 2 N–H and O–H groups in total. The van der Waals surface area contributed by atoms with Gasteiger partial charge in [-0.05, 0) is 30.5 Å². The van der Waals surface area contributed by atoms with Gasteiger partial charge in [-0.3, -0.25) is 9.48 Å². The molecule has 6 heteroatoms. The Bertz CT molecular complexity index is 634. The molecule has 0 spiro atoms. The Hall–Kier alpha value is -2.37. The number of anilines is 1. The average Bonchev–Trinajstić information content (AvgIpc) is 2.90. The van der Waals surface area contributed by atoms with Crippen molar-refractivity contribution in [1.29, 1.82) is 0 Å². The first-order valence-corrected chi connectivity index (χ1v) is 6.72. The number of amides is 1. The second kappa shape index (κ2) is 5.32. The molecule has 1 aromatic carbocycles. The molecule has 0 atom stereocenters. The molecule has 0 saturated carbocycles. The van der Waals surface area contributed by atoms with Crippen molar-refractivity contribution in [1.82, 2.24) is 20.1 Å². The van der Waals surface area contributed by atoms with Gasteiger partial charge in [-0.25, -0.2) is 4.98 Å². The van der Waals surface area contributed by atoms with Crippen molar-refractivity contribution >= 4 is 11.6 Å². The molecule has 2 aromatic rings. The summed E-state index contributed by atoms with van der Waals surface area (Å²) >= 11 is 0. The molecule has 0 radical (unpaired) electrons. The summed E-state index contributed by atoms with van der Waals surface area (Å²) in [7, 11) is 1.80. The number of hydrogen-bond donors (Lipinski definition) is 2. The molecule has 0 saturated heterocycles. The minimum atomic E-state index is -0.0713. The highest BCUT2D eigenvalue weighted by Gasteiger charge is 2.17. The Morgan fingerprint density at radius 2 is 2.40 bits per heavy atom.